The van der Waals surface area contributed by atoms with E-state index in [0.717, 1.165) is 36.6 Å². The maximum absolute atomic E-state index is 9.02. The third-order valence-corrected chi connectivity index (χ3v) is 3.89. The highest BCUT2D eigenvalue weighted by molar-refractivity contribution is 5.48. The fourth-order valence-electron chi connectivity index (χ4n) is 2.52. The average Bonchev–Trinajstić information content (AvgIpc) is 2.96. The largest absolute Gasteiger partial charge is 0.454 e. The monoisotopic (exact) mass is 249 g/mol. The van der Waals surface area contributed by atoms with E-state index in [1.54, 1.807) is 0 Å². The Morgan fingerprint density at radius 1 is 1.28 bits per heavy atom. The van der Waals surface area contributed by atoms with E-state index in [9.17, 15) is 0 Å². The SMILES string of the molecule is OCCC1(CNCc2cccc3c2OCO3)CC1. The van der Waals surface area contributed by atoms with Gasteiger partial charge in [-0.3, -0.25) is 0 Å². The Balaban J connectivity index is 1.56. The molecule has 0 spiro atoms. The minimum absolute atomic E-state index is 0.291. The van der Waals surface area contributed by atoms with Gasteiger partial charge in [-0.05, 0) is 30.7 Å². The van der Waals surface area contributed by atoms with Gasteiger partial charge in [0.1, 0.15) is 0 Å². The highest BCUT2D eigenvalue weighted by Crippen LogP contribution is 2.48. The van der Waals surface area contributed by atoms with Gasteiger partial charge in [-0.1, -0.05) is 12.1 Å². The van der Waals surface area contributed by atoms with Gasteiger partial charge < -0.3 is 19.9 Å². The summed E-state index contributed by atoms with van der Waals surface area (Å²) in [5.74, 6) is 1.71. The van der Waals surface area contributed by atoms with E-state index >= 15 is 0 Å². The summed E-state index contributed by atoms with van der Waals surface area (Å²) in [4.78, 5) is 0. The summed E-state index contributed by atoms with van der Waals surface area (Å²) in [6, 6.07) is 5.98. The van der Waals surface area contributed by atoms with Crippen LogP contribution in [0.15, 0.2) is 18.2 Å². The van der Waals surface area contributed by atoms with Crippen molar-refractivity contribution in [1.82, 2.24) is 5.32 Å². The van der Waals surface area contributed by atoms with E-state index < -0.39 is 0 Å². The van der Waals surface area contributed by atoms with Crippen LogP contribution in [0.4, 0.5) is 0 Å². The quantitative estimate of drug-likeness (QED) is 0.805. The lowest BCUT2D eigenvalue weighted by Crippen LogP contribution is -2.24. The van der Waals surface area contributed by atoms with Crippen molar-refractivity contribution in [3.63, 3.8) is 0 Å². The molecule has 3 rings (SSSR count). The van der Waals surface area contributed by atoms with Crippen molar-refractivity contribution in [2.24, 2.45) is 5.41 Å². The Bertz CT molecular complexity index is 429. The minimum Gasteiger partial charge on any atom is -0.454 e. The molecule has 0 radical (unpaired) electrons. The molecule has 4 heteroatoms. The molecule has 0 amide bonds. The normalized spacial score (nSPS) is 18.9. The first-order chi connectivity index (χ1) is 8.83. The zero-order chi connectivity index (χ0) is 12.4. The second-order valence-electron chi connectivity index (χ2n) is 5.23. The van der Waals surface area contributed by atoms with Crippen LogP contribution in [0.25, 0.3) is 0 Å². The van der Waals surface area contributed by atoms with E-state index in [-0.39, 0.29) is 0 Å². The lowest BCUT2D eigenvalue weighted by Gasteiger charge is -2.15. The van der Waals surface area contributed by atoms with Gasteiger partial charge in [0, 0.05) is 25.3 Å². The van der Waals surface area contributed by atoms with Crippen molar-refractivity contribution < 1.29 is 14.6 Å². The molecule has 1 aliphatic carbocycles. The Hall–Kier alpha value is -1.26. The molecule has 0 aromatic heterocycles. The van der Waals surface area contributed by atoms with Gasteiger partial charge >= 0.3 is 0 Å². The third kappa shape index (κ3) is 2.31. The molecule has 0 bridgehead atoms. The lowest BCUT2D eigenvalue weighted by atomic mass is 10.0. The zero-order valence-corrected chi connectivity index (χ0v) is 10.4. The van der Waals surface area contributed by atoms with Crippen molar-refractivity contribution in [2.75, 3.05) is 19.9 Å². The van der Waals surface area contributed by atoms with Gasteiger partial charge in [0.05, 0.1) is 0 Å². The number of benzene rings is 1. The van der Waals surface area contributed by atoms with E-state index in [1.165, 1.54) is 12.8 Å². The second kappa shape index (κ2) is 4.78. The van der Waals surface area contributed by atoms with Crippen molar-refractivity contribution >= 4 is 0 Å². The zero-order valence-electron chi connectivity index (χ0n) is 10.4. The number of aliphatic hydroxyl groups excluding tert-OH is 1. The van der Waals surface area contributed by atoms with E-state index in [0.29, 0.717) is 18.8 Å². The van der Waals surface area contributed by atoms with Crippen molar-refractivity contribution in [1.29, 1.82) is 0 Å². The summed E-state index contributed by atoms with van der Waals surface area (Å²) in [5, 5.41) is 12.5. The fourth-order valence-corrected chi connectivity index (χ4v) is 2.52. The Morgan fingerprint density at radius 2 is 2.17 bits per heavy atom. The van der Waals surface area contributed by atoms with E-state index in [1.807, 2.05) is 12.1 Å². The predicted octanol–water partition coefficient (Wildman–Crippen LogP) is 1.67. The first-order valence-electron chi connectivity index (χ1n) is 6.52. The molecular formula is C14H19NO3. The highest BCUT2D eigenvalue weighted by Gasteiger charge is 2.41. The molecule has 1 aromatic rings. The first-order valence-corrected chi connectivity index (χ1v) is 6.52. The number of para-hydroxylation sites is 1. The molecular weight excluding hydrogens is 230 g/mol. The highest BCUT2D eigenvalue weighted by atomic mass is 16.7. The summed E-state index contributed by atoms with van der Waals surface area (Å²) in [5.41, 5.74) is 1.49. The van der Waals surface area contributed by atoms with E-state index in [4.69, 9.17) is 14.6 Å². The van der Waals surface area contributed by atoms with Gasteiger partial charge in [0.15, 0.2) is 11.5 Å². The second-order valence-corrected chi connectivity index (χ2v) is 5.23. The van der Waals surface area contributed by atoms with Crippen LogP contribution >= 0.6 is 0 Å². The van der Waals surface area contributed by atoms with Gasteiger partial charge in [-0.25, -0.2) is 0 Å². The van der Waals surface area contributed by atoms with Gasteiger partial charge in [0.2, 0.25) is 6.79 Å². The average molecular weight is 249 g/mol. The molecule has 0 saturated heterocycles. The molecule has 4 nitrogen and oxygen atoms in total. The van der Waals surface area contributed by atoms with Crippen LogP contribution in [0.1, 0.15) is 24.8 Å². The maximum Gasteiger partial charge on any atom is 0.231 e. The van der Waals surface area contributed by atoms with Crippen molar-refractivity contribution in [3.8, 4) is 11.5 Å². The molecule has 1 saturated carbocycles. The van der Waals surface area contributed by atoms with Crippen molar-refractivity contribution in [3.05, 3.63) is 23.8 Å². The van der Waals surface area contributed by atoms with Crippen molar-refractivity contribution in [2.45, 2.75) is 25.8 Å². The topological polar surface area (TPSA) is 50.7 Å². The third-order valence-electron chi connectivity index (χ3n) is 3.89. The number of rotatable bonds is 6. The summed E-state index contributed by atoms with van der Waals surface area (Å²) >= 11 is 0. The number of hydrogen-bond donors (Lipinski definition) is 2. The van der Waals surface area contributed by atoms with Crippen LogP contribution in [0, 0.1) is 5.41 Å². The Morgan fingerprint density at radius 3 is 2.94 bits per heavy atom. The fraction of sp³-hybridized carbons (Fsp3) is 0.571. The smallest absolute Gasteiger partial charge is 0.231 e. The Kier molecular flexibility index (Phi) is 3.14. The molecule has 0 atom stereocenters. The number of hydrogen-bond acceptors (Lipinski definition) is 4. The van der Waals surface area contributed by atoms with Crippen LogP contribution in [-0.4, -0.2) is 25.1 Å². The van der Waals surface area contributed by atoms with Crippen LogP contribution in [-0.2, 0) is 6.54 Å². The Labute approximate surface area is 107 Å². The molecule has 1 fully saturated rings. The summed E-state index contributed by atoms with van der Waals surface area (Å²) < 4.78 is 10.8. The standard InChI is InChI=1S/C14H19NO3/c16-7-6-14(4-5-14)9-15-8-11-2-1-3-12-13(11)18-10-17-12/h1-3,15-16H,4-10H2. The van der Waals surface area contributed by atoms with Crippen LogP contribution in [0.5, 0.6) is 11.5 Å². The summed E-state index contributed by atoms with van der Waals surface area (Å²) in [7, 11) is 0. The molecule has 2 aliphatic rings. The lowest BCUT2D eigenvalue weighted by molar-refractivity contribution is 0.173. The van der Waals surface area contributed by atoms with Crippen LogP contribution < -0.4 is 14.8 Å². The number of ether oxygens (including phenoxy) is 2. The van der Waals surface area contributed by atoms with E-state index in [2.05, 4.69) is 11.4 Å². The van der Waals surface area contributed by atoms with Gasteiger partial charge in [0.25, 0.3) is 0 Å². The molecule has 18 heavy (non-hydrogen) atoms. The number of fused-ring (bicyclic) bond motifs is 1. The minimum atomic E-state index is 0.291. The van der Waals surface area contributed by atoms with Gasteiger partial charge in [-0.2, -0.15) is 0 Å². The predicted molar refractivity (Wildman–Crippen MR) is 67.6 cm³/mol. The molecule has 98 valence electrons. The van der Waals surface area contributed by atoms with Crippen LogP contribution in [0.3, 0.4) is 0 Å². The summed E-state index contributed by atoms with van der Waals surface area (Å²) in [6.07, 6.45) is 3.37. The van der Waals surface area contributed by atoms with Crippen LogP contribution in [0.2, 0.25) is 0 Å². The maximum atomic E-state index is 9.02. The molecule has 1 heterocycles. The number of aliphatic hydroxyl groups is 1. The molecule has 1 aliphatic heterocycles. The molecule has 0 unspecified atom stereocenters. The van der Waals surface area contributed by atoms with Gasteiger partial charge in [-0.15, -0.1) is 0 Å². The molecule has 1 aromatic carbocycles. The first kappa shape index (κ1) is 11.8. The number of nitrogens with one attached hydrogen (secondary N) is 1. The summed E-state index contributed by atoms with van der Waals surface area (Å²) in [6.45, 7) is 2.37. The molecule has 2 N–H and O–H groups in total.